The number of benzene rings is 11. The molecule has 0 N–H and O–H groups in total. The molecular weight excluding hydrogens is 847 g/mol. The van der Waals surface area contributed by atoms with Crippen molar-refractivity contribution in [2.24, 2.45) is 0 Å². The van der Waals surface area contributed by atoms with Crippen molar-refractivity contribution in [1.29, 1.82) is 0 Å². The van der Waals surface area contributed by atoms with Crippen molar-refractivity contribution in [1.82, 2.24) is 0 Å². The summed E-state index contributed by atoms with van der Waals surface area (Å²) < 4.78 is 233. The second-order valence-electron chi connectivity index (χ2n) is 17.7. The summed E-state index contributed by atoms with van der Waals surface area (Å²) in [5.41, 5.74) is -4.34. The minimum absolute atomic E-state index is 0.125. The van der Waals surface area contributed by atoms with E-state index in [1.54, 1.807) is 18.2 Å². The van der Waals surface area contributed by atoms with Crippen LogP contribution in [0.5, 0.6) is 0 Å². The highest BCUT2D eigenvalue weighted by Gasteiger charge is 2.46. The zero-order chi connectivity index (χ0) is 67.4. The fourth-order valence-electron chi connectivity index (χ4n) is 10.7. The molecule has 12 aromatic rings. The second-order valence-corrected chi connectivity index (χ2v) is 17.7. The standard InChI is InChI=1S/C68H47NO/c1-67(2)60-29-14-11-27-55(60)59-41-46(33-39-61(59)67)66-52-25-10-9-18-44(52)32-36-53(66)45-19-17-24-49(40-45)69(51-35-38-58-57-28-13-16-31-64(57)70-65(58)43-51)50-34-37-56-54-26-12-15-30-62(54)68(63(56)42-50,47-20-5-3-6-21-47)48-22-7-4-8-23-48/h3-43H,1-2H3/i3D,4D,5D,6D,7D,8D,12D,13D,15D,16D,20D,21D,22D,23D,26D,28D,30D,31D,34D,35D,37D,38D,42D,43D. The molecule has 0 bridgehead atoms. The van der Waals surface area contributed by atoms with Crippen LogP contribution in [0.2, 0.25) is 0 Å². The Labute approximate surface area is 442 Å². The number of nitrogens with zero attached hydrogens (tertiary/aromatic N) is 1. The lowest BCUT2D eigenvalue weighted by atomic mass is 9.67. The van der Waals surface area contributed by atoms with Crippen molar-refractivity contribution in [3.05, 3.63) is 282 Å². The van der Waals surface area contributed by atoms with Gasteiger partial charge in [-0.1, -0.05) is 208 Å². The molecule has 1 heterocycles. The average molecular weight is 918 g/mol. The maximum Gasteiger partial charge on any atom is 0.137 e. The molecule has 1 aromatic heterocycles. The summed E-state index contributed by atoms with van der Waals surface area (Å²) in [5, 5.41) is 0.958. The first kappa shape index (κ1) is 23.1. The van der Waals surface area contributed by atoms with Gasteiger partial charge < -0.3 is 9.32 Å². The zero-order valence-corrected chi connectivity index (χ0v) is 37.2. The maximum atomic E-state index is 10.9. The predicted molar refractivity (Wildman–Crippen MR) is 292 cm³/mol. The van der Waals surface area contributed by atoms with Crippen molar-refractivity contribution >= 4 is 49.8 Å². The number of rotatable bonds is 7. The molecule has 0 atom stereocenters. The molecule has 0 aliphatic heterocycles. The Morgan fingerprint density at radius 1 is 0.400 bits per heavy atom. The Balaban J connectivity index is 1.16. The third-order valence-electron chi connectivity index (χ3n) is 13.8. The molecule has 0 fully saturated rings. The summed E-state index contributed by atoms with van der Waals surface area (Å²) in [4.78, 5) is 0.999. The van der Waals surface area contributed by atoms with Gasteiger partial charge in [0, 0.05) is 39.3 Å². The van der Waals surface area contributed by atoms with Gasteiger partial charge in [-0.25, -0.2) is 0 Å². The number of hydrogen-bond acceptors (Lipinski definition) is 2. The van der Waals surface area contributed by atoms with Crippen LogP contribution in [0.4, 0.5) is 17.1 Å². The Morgan fingerprint density at radius 2 is 1.09 bits per heavy atom. The Kier molecular flexibility index (Phi) is 5.07. The molecule has 2 nitrogen and oxygen atoms in total. The number of anilines is 3. The third-order valence-corrected chi connectivity index (χ3v) is 13.8. The van der Waals surface area contributed by atoms with Crippen LogP contribution in [0, 0.1) is 0 Å². The van der Waals surface area contributed by atoms with E-state index in [-0.39, 0.29) is 21.9 Å². The molecule has 330 valence electrons. The van der Waals surface area contributed by atoms with Gasteiger partial charge in [0.05, 0.1) is 38.3 Å². The summed E-state index contributed by atoms with van der Waals surface area (Å²) in [7, 11) is 0. The van der Waals surface area contributed by atoms with Crippen molar-refractivity contribution in [3.8, 4) is 44.5 Å². The Morgan fingerprint density at radius 3 is 1.94 bits per heavy atom. The molecule has 11 aromatic carbocycles. The number of hydrogen-bond donors (Lipinski definition) is 0. The summed E-state index contributed by atoms with van der Waals surface area (Å²) in [6, 6.07) is 9.44. The van der Waals surface area contributed by atoms with Crippen LogP contribution in [-0.4, -0.2) is 0 Å². The zero-order valence-electron chi connectivity index (χ0n) is 61.2. The normalized spacial score (nSPS) is 18.6. The van der Waals surface area contributed by atoms with E-state index in [1.165, 1.54) is 6.07 Å². The van der Waals surface area contributed by atoms with E-state index in [2.05, 4.69) is 38.1 Å². The van der Waals surface area contributed by atoms with E-state index in [1.807, 2.05) is 54.6 Å². The minimum Gasteiger partial charge on any atom is -0.456 e. The molecule has 0 saturated heterocycles. The van der Waals surface area contributed by atoms with Crippen LogP contribution in [0.15, 0.2) is 253 Å². The maximum absolute atomic E-state index is 10.9. The largest absolute Gasteiger partial charge is 0.456 e. The van der Waals surface area contributed by atoms with Gasteiger partial charge in [0.1, 0.15) is 11.2 Å². The molecule has 0 saturated carbocycles. The first-order valence-corrected chi connectivity index (χ1v) is 22.5. The van der Waals surface area contributed by atoms with E-state index in [0.717, 1.165) is 49.1 Å². The van der Waals surface area contributed by atoms with Crippen LogP contribution < -0.4 is 4.90 Å². The lowest BCUT2D eigenvalue weighted by Gasteiger charge is -2.35. The fraction of sp³-hybridized carbons (Fsp3) is 0.0588. The third kappa shape index (κ3) is 5.87. The first-order chi connectivity index (χ1) is 44.5. The number of furan rings is 1. The summed E-state index contributed by atoms with van der Waals surface area (Å²) in [5.74, 6) is 0. The summed E-state index contributed by atoms with van der Waals surface area (Å²) in [6.45, 7) is 4.33. The summed E-state index contributed by atoms with van der Waals surface area (Å²) >= 11 is 0. The van der Waals surface area contributed by atoms with Crippen LogP contribution >= 0.6 is 0 Å². The molecule has 0 amide bonds. The number of fused-ring (bicyclic) bond motifs is 10. The lowest BCUT2D eigenvalue weighted by molar-refractivity contribution is 0.660. The molecule has 70 heavy (non-hydrogen) atoms. The van der Waals surface area contributed by atoms with E-state index in [9.17, 15) is 16.4 Å². The fourth-order valence-corrected chi connectivity index (χ4v) is 10.7. The molecule has 14 rings (SSSR count). The Hall–Kier alpha value is -8.72. The molecule has 2 aliphatic carbocycles. The molecule has 0 spiro atoms. The van der Waals surface area contributed by atoms with Gasteiger partial charge in [0.15, 0.2) is 0 Å². The SMILES string of the molecule is [2H]c1c([2H])c([2H])c(C2(c3c([2H])c([2H])c([2H])c([2H])c3[2H])c3c([2H])c([2H])c([2H])c([2H])c3-c3c([2H])c([2H])c(N(c4cccc(-c5ccc6ccccc6c5-c5ccc6c(c5)-c5ccccc5C6(C)C)c4)c4c([2H])c([2H])c5c(oc6c([2H])c([2H])c([2H])c([2H])c65)c4[2H])c([2H])c32)c([2H])c1[2H]. The van der Waals surface area contributed by atoms with Crippen LogP contribution in [0.1, 0.15) is 80.1 Å². The highest BCUT2D eigenvalue weighted by Crippen LogP contribution is 2.58. The van der Waals surface area contributed by atoms with Gasteiger partial charge >= 0.3 is 0 Å². The molecule has 0 unspecified atom stereocenters. The Bertz CT molecular complexity index is 5370. The quantitative estimate of drug-likeness (QED) is 0.158. The van der Waals surface area contributed by atoms with E-state index >= 15 is 0 Å². The molecule has 0 radical (unpaired) electrons. The first-order valence-electron chi connectivity index (χ1n) is 34.5. The monoisotopic (exact) mass is 918 g/mol. The van der Waals surface area contributed by atoms with Crippen LogP contribution in [-0.2, 0) is 10.8 Å². The lowest BCUT2D eigenvalue weighted by Crippen LogP contribution is -2.28. The van der Waals surface area contributed by atoms with E-state index in [0.29, 0.717) is 11.1 Å². The molecular formula is C68H47NO. The molecule has 2 aliphatic rings. The van der Waals surface area contributed by atoms with Gasteiger partial charge in [-0.05, 0) is 137 Å². The van der Waals surface area contributed by atoms with Crippen molar-refractivity contribution in [3.63, 3.8) is 0 Å². The van der Waals surface area contributed by atoms with Crippen LogP contribution in [0.3, 0.4) is 0 Å². The van der Waals surface area contributed by atoms with Crippen molar-refractivity contribution < 1.29 is 37.3 Å². The average Bonchev–Trinajstić information content (AvgIpc) is 1.46. The molecule has 2 heteroatoms. The highest BCUT2D eigenvalue weighted by molar-refractivity contribution is 6.07. The van der Waals surface area contributed by atoms with Gasteiger partial charge in [0.2, 0.25) is 0 Å². The smallest absolute Gasteiger partial charge is 0.137 e. The predicted octanol–water partition coefficient (Wildman–Crippen LogP) is 18.2. The van der Waals surface area contributed by atoms with Gasteiger partial charge in [0.25, 0.3) is 0 Å². The van der Waals surface area contributed by atoms with Gasteiger partial charge in [-0.2, -0.15) is 0 Å². The second kappa shape index (κ2) is 15.4. The number of para-hydroxylation sites is 1. The highest BCUT2D eigenvalue weighted by atomic mass is 16.3. The van der Waals surface area contributed by atoms with E-state index < -0.39 is 206 Å². The van der Waals surface area contributed by atoms with Gasteiger partial charge in [-0.3, -0.25) is 0 Å². The topological polar surface area (TPSA) is 16.4 Å². The van der Waals surface area contributed by atoms with Gasteiger partial charge in [-0.15, -0.1) is 0 Å². The van der Waals surface area contributed by atoms with Crippen molar-refractivity contribution in [2.45, 2.75) is 24.7 Å². The minimum atomic E-state index is -3.23. The summed E-state index contributed by atoms with van der Waals surface area (Å²) in [6.07, 6.45) is 0. The van der Waals surface area contributed by atoms with Crippen molar-refractivity contribution in [2.75, 3.05) is 4.90 Å². The van der Waals surface area contributed by atoms with Crippen LogP contribution in [0.25, 0.3) is 77.2 Å². The van der Waals surface area contributed by atoms with E-state index in [4.69, 9.17) is 20.9 Å².